The largest absolute Gasteiger partial charge is 0.461 e. The van der Waals surface area contributed by atoms with Gasteiger partial charge in [0.1, 0.15) is 0 Å². The van der Waals surface area contributed by atoms with Gasteiger partial charge in [-0.2, -0.15) is 0 Å². The summed E-state index contributed by atoms with van der Waals surface area (Å²) in [5.74, 6) is 1.08. The minimum Gasteiger partial charge on any atom is -0.461 e. The molecule has 3 aromatic rings. The first-order valence-electron chi connectivity index (χ1n) is 7.25. The zero-order valence-corrected chi connectivity index (χ0v) is 13.7. The molecule has 1 fully saturated rings. The molecular weight excluding hydrogens is 360 g/mol. The molecular formula is C17H13BrN2O3. The van der Waals surface area contributed by atoms with Crippen LogP contribution in [0.2, 0.25) is 0 Å². The first-order chi connectivity index (χ1) is 11.2. The molecule has 1 N–H and O–H groups in total. The Balaban J connectivity index is 1.57. The smallest absolute Gasteiger partial charge is 0.236 e. The van der Waals surface area contributed by atoms with Crippen LogP contribution < -0.4 is 5.32 Å². The van der Waals surface area contributed by atoms with Gasteiger partial charge in [-0.25, -0.2) is 0 Å². The topological polar surface area (TPSA) is 68.3 Å². The van der Waals surface area contributed by atoms with E-state index in [-0.39, 0.29) is 5.91 Å². The van der Waals surface area contributed by atoms with E-state index in [1.54, 1.807) is 24.5 Å². The van der Waals surface area contributed by atoms with Crippen LogP contribution in [0.1, 0.15) is 18.5 Å². The Morgan fingerprint density at radius 2 is 2.04 bits per heavy atom. The molecule has 0 bridgehead atoms. The number of hydrogen-bond donors (Lipinski definition) is 1. The molecule has 1 aromatic carbocycles. The lowest BCUT2D eigenvalue weighted by Gasteiger charge is -2.12. The van der Waals surface area contributed by atoms with Crippen molar-refractivity contribution in [1.82, 2.24) is 5.16 Å². The maximum absolute atomic E-state index is 12.7. The highest BCUT2D eigenvalue weighted by molar-refractivity contribution is 9.10. The highest BCUT2D eigenvalue weighted by Crippen LogP contribution is 2.49. The second kappa shape index (κ2) is 5.38. The average Bonchev–Trinajstić information content (AvgIpc) is 2.98. The van der Waals surface area contributed by atoms with Gasteiger partial charge in [-0.15, -0.1) is 0 Å². The van der Waals surface area contributed by atoms with E-state index < -0.39 is 5.41 Å². The molecule has 1 saturated carbocycles. The summed E-state index contributed by atoms with van der Waals surface area (Å²) >= 11 is 3.40. The minimum atomic E-state index is -0.601. The van der Waals surface area contributed by atoms with Crippen molar-refractivity contribution in [2.75, 3.05) is 5.32 Å². The molecule has 0 radical (unpaired) electrons. The third-order valence-electron chi connectivity index (χ3n) is 4.03. The number of amides is 1. The predicted molar refractivity (Wildman–Crippen MR) is 87.9 cm³/mol. The quantitative estimate of drug-likeness (QED) is 0.738. The van der Waals surface area contributed by atoms with Gasteiger partial charge in [0.15, 0.2) is 5.76 Å². The number of rotatable bonds is 4. The Morgan fingerprint density at radius 1 is 1.17 bits per heavy atom. The van der Waals surface area contributed by atoms with Crippen LogP contribution >= 0.6 is 15.9 Å². The summed E-state index contributed by atoms with van der Waals surface area (Å²) in [6.45, 7) is 0. The van der Waals surface area contributed by atoms with Crippen molar-refractivity contribution < 1.29 is 13.7 Å². The van der Waals surface area contributed by atoms with E-state index in [9.17, 15) is 4.79 Å². The summed E-state index contributed by atoms with van der Waals surface area (Å²) < 4.78 is 11.5. The van der Waals surface area contributed by atoms with E-state index in [2.05, 4.69) is 26.4 Å². The van der Waals surface area contributed by atoms with Gasteiger partial charge >= 0.3 is 0 Å². The van der Waals surface area contributed by atoms with Gasteiger partial charge in [0.25, 0.3) is 0 Å². The van der Waals surface area contributed by atoms with Crippen LogP contribution in [0.5, 0.6) is 0 Å². The number of furan rings is 1. The Bertz CT molecular complexity index is 850. The van der Waals surface area contributed by atoms with Crippen molar-refractivity contribution >= 4 is 27.5 Å². The third kappa shape index (κ3) is 2.59. The van der Waals surface area contributed by atoms with Crippen molar-refractivity contribution in [3.63, 3.8) is 0 Å². The molecule has 2 heterocycles. The monoisotopic (exact) mass is 372 g/mol. The Kier molecular flexibility index (Phi) is 3.34. The number of anilines is 1. The third-order valence-corrected chi connectivity index (χ3v) is 4.52. The van der Waals surface area contributed by atoms with Crippen LogP contribution in [-0.4, -0.2) is 11.1 Å². The second-order valence-electron chi connectivity index (χ2n) is 5.60. The number of halogens is 1. The molecule has 6 heteroatoms. The number of nitrogens with zero attached hydrogens (tertiary/aromatic N) is 1. The maximum Gasteiger partial charge on any atom is 0.236 e. The zero-order chi connectivity index (χ0) is 15.9. The summed E-state index contributed by atoms with van der Waals surface area (Å²) in [6, 6.07) is 12.9. The fourth-order valence-electron chi connectivity index (χ4n) is 2.58. The Morgan fingerprint density at radius 3 is 2.74 bits per heavy atom. The fraction of sp³-hybridized carbons (Fsp3) is 0.176. The molecule has 1 amide bonds. The summed E-state index contributed by atoms with van der Waals surface area (Å²) in [6.07, 6.45) is 3.10. The minimum absolute atomic E-state index is 0.0603. The Hall–Kier alpha value is -2.34. The molecule has 2 aromatic heterocycles. The molecule has 0 saturated heterocycles. The van der Waals surface area contributed by atoms with Gasteiger partial charge in [-0.1, -0.05) is 27.2 Å². The lowest BCUT2D eigenvalue weighted by Crippen LogP contribution is -2.28. The van der Waals surface area contributed by atoms with E-state index in [0.717, 1.165) is 23.0 Å². The molecule has 0 spiro atoms. The van der Waals surface area contributed by atoms with Gasteiger partial charge in [0.2, 0.25) is 11.7 Å². The SMILES string of the molecule is O=C(Nc1cccc(Br)c1)C1(c2cc(-c3ccco3)on2)CC1. The molecule has 4 rings (SSSR count). The van der Waals surface area contributed by atoms with Crippen molar-refractivity contribution in [2.24, 2.45) is 0 Å². The molecule has 0 aliphatic heterocycles. The van der Waals surface area contributed by atoms with Crippen LogP contribution in [0.15, 0.2) is 62.1 Å². The number of benzene rings is 1. The van der Waals surface area contributed by atoms with Crippen LogP contribution in [0.4, 0.5) is 5.69 Å². The lowest BCUT2D eigenvalue weighted by molar-refractivity contribution is -0.118. The Labute approximate surface area is 140 Å². The molecule has 23 heavy (non-hydrogen) atoms. The average molecular weight is 373 g/mol. The molecule has 1 aliphatic carbocycles. The van der Waals surface area contributed by atoms with Crippen LogP contribution in [0.3, 0.4) is 0 Å². The van der Waals surface area contributed by atoms with Crippen LogP contribution in [0.25, 0.3) is 11.5 Å². The van der Waals surface area contributed by atoms with E-state index in [1.165, 1.54) is 0 Å². The molecule has 1 aliphatic rings. The summed E-state index contributed by atoms with van der Waals surface area (Å²) in [5, 5.41) is 7.04. The number of aromatic nitrogens is 1. The van der Waals surface area contributed by atoms with Crippen molar-refractivity contribution in [3.8, 4) is 11.5 Å². The van der Waals surface area contributed by atoms with Gasteiger partial charge in [-0.05, 0) is 43.2 Å². The highest BCUT2D eigenvalue weighted by atomic mass is 79.9. The molecule has 116 valence electrons. The fourth-order valence-corrected chi connectivity index (χ4v) is 2.98. The van der Waals surface area contributed by atoms with E-state index in [4.69, 9.17) is 8.94 Å². The lowest BCUT2D eigenvalue weighted by atomic mass is 10.0. The van der Waals surface area contributed by atoms with Crippen molar-refractivity contribution in [1.29, 1.82) is 0 Å². The number of carbonyl (C=O) groups excluding carboxylic acids is 1. The van der Waals surface area contributed by atoms with Crippen molar-refractivity contribution in [2.45, 2.75) is 18.3 Å². The normalized spacial score (nSPS) is 15.3. The van der Waals surface area contributed by atoms with Crippen LogP contribution in [-0.2, 0) is 10.2 Å². The van der Waals surface area contributed by atoms with Gasteiger partial charge < -0.3 is 14.3 Å². The standard InChI is InChI=1S/C17H13BrN2O3/c18-11-3-1-4-12(9-11)19-16(21)17(6-7-17)15-10-14(23-20-15)13-5-2-8-22-13/h1-5,8-10H,6-7H2,(H,19,21). The molecule has 0 unspecified atom stereocenters. The number of nitrogens with one attached hydrogen (secondary N) is 1. The van der Waals surface area contributed by atoms with Crippen molar-refractivity contribution in [3.05, 3.63) is 58.9 Å². The maximum atomic E-state index is 12.7. The predicted octanol–water partition coefficient (Wildman–Crippen LogP) is 4.37. The summed E-state index contributed by atoms with van der Waals surface area (Å²) in [5.41, 5.74) is 0.804. The van der Waals surface area contributed by atoms with E-state index in [0.29, 0.717) is 17.2 Å². The second-order valence-corrected chi connectivity index (χ2v) is 6.52. The first kappa shape index (κ1) is 14.3. The number of carbonyl (C=O) groups is 1. The van der Waals surface area contributed by atoms with E-state index >= 15 is 0 Å². The van der Waals surface area contributed by atoms with Crippen LogP contribution in [0, 0.1) is 0 Å². The van der Waals surface area contributed by atoms with E-state index in [1.807, 2.05) is 24.3 Å². The van der Waals surface area contributed by atoms with Gasteiger partial charge in [0, 0.05) is 16.2 Å². The first-order valence-corrected chi connectivity index (χ1v) is 8.05. The highest BCUT2D eigenvalue weighted by Gasteiger charge is 2.54. The summed E-state index contributed by atoms with van der Waals surface area (Å²) in [4.78, 5) is 12.7. The molecule has 0 atom stereocenters. The molecule has 5 nitrogen and oxygen atoms in total. The van der Waals surface area contributed by atoms with Gasteiger partial charge in [0.05, 0.1) is 17.4 Å². The number of hydrogen-bond acceptors (Lipinski definition) is 4. The zero-order valence-electron chi connectivity index (χ0n) is 12.1. The summed E-state index contributed by atoms with van der Waals surface area (Å²) in [7, 11) is 0. The van der Waals surface area contributed by atoms with Gasteiger partial charge in [-0.3, -0.25) is 4.79 Å².